The Labute approximate surface area is 495 Å². The second-order valence-electron chi connectivity index (χ2n) is 23.8. The predicted molar refractivity (Wildman–Crippen MR) is 312 cm³/mol. The lowest BCUT2D eigenvalue weighted by Crippen LogP contribution is -2.55. The highest BCUT2D eigenvalue weighted by molar-refractivity contribution is 5.94. The van der Waals surface area contributed by atoms with Gasteiger partial charge in [0.15, 0.2) is 24.4 Å². The summed E-state index contributed by atoms with van der Waals surface area (Å²) in [5.41, 5.74) is 3.00. The zero-order valence-corrected chi connectivity index (χ0v) is 52.1. The van der Waals surface area contributed by atoms with E-state index in [1.165, 1.54) is 54.7 Å². The summed E-state index contributed by atoms with van der Waals surface area (Å²) in [4.78, 5) is 131. The number of esters is 4. The summed E-state index contributed by atoms with van der Waals surface area (Å²) in [7, 11) is 5.57. The average Bonchev–Trinajstić information content (AvgIpc) is 4.24. The van der Waals surface area contributed by atoms with Crippen LogP contribution in [0.25, 0.3) is 0 Å². The van der Waals surface area contributed by atoms with Crippen LogP contribution in [0.3, 0.4) is 0 Å². The number of amides is 4. The van der Waals surface area contributed by atoms with Crippen LogP contribution in [0.1, 0.15) is 143 Å². The van der Waals surface area contributed by atoms with Gasteiger partial charge < -0.3 is 38.5 Å². The molecular formula is C62H90N10O12. The van der Waals surface area contributed by atoms with Gasteiger partial charge in [0.1, 0.15) is 48.5 Å². The van der Waals surface area contributed by atoms with E-state index in [2.05, 4.69) is 20.2 Å². The smallest absolute Gasteiger partial charge is 0.329 e. The maximum atomic E-state index is 15.1. The quantitative estimate of drug-likeness (QED) is 0.0810. The molecule has 0 bridgehead atoms. The number of likely N-dealkylation sites (N-methyl/N-ethyl adjacent to an activating group) is 4. The van der Waals surface area contributed by atoms with Gasteiger partial charge in [0, 0.05) is 53.9 Å². The summed E-state index contributed by atoms with van der Waals surface area (Å²) < 4.78 is 27.9. The number of benzene rings is 2. The third-order valence-corrected chi connectivity index (χ3v) is 15.1. The number of aryl methyl sites for hydroxylation is 2. The van der Waals surface area contributed by atoms with Gasteiger partial charge in [0.25, 0.3) is 23.6 Å². The van der Waals surface area contributed by atoms with Crippen LogP contribution in [0.2, 0.25) is 0 Å². The molecular weight excluding hydrogens is 1080 g/mol. The molecule has 3 heterocycles. The lowest BCUT2D eigenvalue weighted by Gasteiger charge is -2.35. The molecule has 0 N–H and O–H groups in total. The van der Waals surface area contributed by atoms with E-state index in [0.717, 1.165) is 42.4 Å². The fraction of sp³-hybridized carbons (Fsp3) is 0.613. The molecule has 0 saturated carbocycles. The minimum absolute atomic E-state index is 0.0770. The Morgan fingerprint density at radius 3 is 0.940 bits per heavy atom. The fourth-order valence-corrected chi connectivity index (χ4v) is 10.2. The van der Waals surface area contributed by atoms with Gasteiger partial charge in [0.2, 0.25) is 0 Å². The standard InChI is InChI=1S/C62H90N10O12/c1-17-53-63-35-65-71(53)33-45-23-19-43(20-24-45)31-51-57(75)69(15)47(27-37(3)4)59(77)81-42(12)56(74)68(14)50(30-40(9)10)62(80)84-52(32-44-21-25-46(26-22-44)34-72-54(18-2)64-36-66-72)58(76)70(16)48(28-38(5)6)60(78)82-41(11)55(73)67(13)49(29-39(7)8)61(79)83-51/h19-26,35-42,47-52H,17-18,27-34H2,1-16H3/t41-,42-,47+,48+,49+,50+,51-,52-/m1/s1. The summed E-state index contributed by atoms with van der Waals surface area (Å²) in [6.07, 6.45) is -1.70. The number of rotatable bonds is 18. The van der Waals surface area contributed by atoms with Gasteiger partial charge in [-0.25, -0.2) is 38.5 Å². The number of carbonyl (C=O) groups excluding carboxylic acids is 8. The molecule has 0 unspecified atom stereocenters. The van der Waals surface area contributed by atoms with Crippen molar-refractivity contribution in [1.29, 1.82) is 0 Å². The van der Waals surface area contributed by atoms with Gasteiger partial charge in [-0.2, -0.15) is 10.2 Å². The molecule has 8 atom stereocenters. The molecule has 0 spiro atoms. The molecule has 84 heavy (non-hydrogen) atoms. The first kappa shape index (κ1) is 67.3. The monoisotopic (exact) mass is 1170 g/mol. The van der Waals surface area contributed by atoms with Gasteiger partial charge >= 0.3 is 23.9 Å². The highest BCUT2D eigenvalue weighted by Crippen LogP contribution is 2.25. The summed E-state index contributed by atoms with van der Waals surface area (Å²) in [6, 6.07) is 9.50. The van der Waals surface area contributed by atoms with Gasteiger partial charge in [-0.1, -0.05) is 118 Å². The number of nitrogens with zero attached hydrogens (tertiary/aromatic N) is 10. The Balaban J connectivity index is 1.59. The summed E-state index contributed by atoms with van der Waals surface area (Å²) in [6.45, 7) is 22.4. The molecule has 22 nitrogen and oxygen atoms in total. The Morgan fingerprint density at radius 2 is 0.667 bits per heavy atom. The molecule has 1 aliphatic rings. The van der Waals surface area contributed by atoms with Crippen LogP contribution in [0.15, 0.2) is 61.2 Å². The van der Waals surface area contributed by atoms with Gasteiger partial charge in [-0.15, -0.1) is 0 Å². The van der Waals surface area contributed by atoms with Crippen LogP contribution in [-0.2, 0) is 96.1 Å². The lowest BCUT2D eigenvalue weighted by atomic mass is 9.99. The van der Waals surface area contributed by atoms with Crippen LogP contribution in [-0.4, -0.2) is 173 Å². The number of ether oxygens (including phenoxy) is 4. The number of aromatic nitrogens is 6. The van der Waals surface area contributed by atoms with E-state index in [0.29, 0.717) is 37.1 Å². The van der Waals surface area contributed by atoms with E-state index in [-0.39, 0.29) is 62.2 Å². The molecule has 2 aromatic heterocycles. The summed E-state index contributed by atoms with van der Waals surface area (Å²) >= 11 is 0. The van der Waals surface area contributed by atoms with Crippen LogP contribution >= 0.6 is 0 Å². The van der Waals surface area contributed by atoms with E-state index >= 15 is 9.59 Å². The van der Waals surface area contributed by atoms with Gasteiger partial charge in [-0.05, 0) is 85.5 Å². The lowest BCUT2D eigenvalue weighted by molar-refractivity contribution is -0.176. The predicted octanol–water partition coefficient (Wildman–Crippen LogP) is 6.07. The molecule has 2 aromatic carbocycles. The fourth-order valence-electron chi connectivity index (χ4n) is 10.2. The highest BCUT2D eigenvalue weighted by atomic mass is 16.6. The van der Waals surface area contributed by atoms with Crippen LogP contribution in [0.5, 0.6) is 0 Å². The Kier molecular flexibility index (Phi) is 24.7. The SMILES string of the molecule is CCc1ncnn1Cc1ccc(C[C@H]2OC(=O)[C@H](CC(C)C)N(C)C(=O)[C@@H](C)OC(=O)[C@H](CC(C)C)N(C)C(=O)[C@@H](Cc3ccc(Cn4ncnc4CC)cc3)OC(=O)[C@H](CC(C)C)N(C)C(=O)[C@@H](C)OC(=O)[C@H](CC(C)C)N(C)C2=O)cc1. The van der Waals surface area contributed by atoms with E-state index < -0.39 is 96.1 Å². The van der Waals surface area contributed by atoms with Crippen molar-refractivity contribution < 1.29 is 57.3 Å². The molecule has 22 heteroatoms. The van der Waals surface area contributed by atoms with E-state index in [9.17, 15) is 28.8 Å². The van der Waals surface area contributed by atoms with Crippen molar-refractivity contribution in [2.75, 3.05) is 28.2 Å². The Hall–Kier alpha value is -7.52. The van der Waals surface area contributed by atoms with Crippen LogP contribution < -0.4 is 0 Å². The van der Waals surface area contributed by atoms with Gasteiger partial charge in [-0.3, -0.25) is 19.2 Å². The summed E-state index contributed by atoms with van der Waals surface area (Å²) in [5.74, 6) is -5.88. The zero-order valence-electron chi connectivity index (χ0n) is 52.1. The maximum absolute atomic E-state index is 15.1. The molecule has 4 amide bonds. The van der Waals surface area contributed by atoms with Crippen molar-refractivity contribution in [3.8, 4) is 0 Å². The van der Waals surface area contributed by atoms with Crippen molar-refractivity contribution >= 4 is 47.5 Å². The molecule has 0 radical (unpaired) electrons. The second-order valence-corrected chi connectivity index (χ2v) is 23.8. The molecule has 460 valence electrons. The minimum atomic E-state index is -1.54. The number of hydrogen-bond acceptors (Lipinski definition) is 16. The molecule has 1 fully saturated rings. The molecule has 0 aliphatic carbocycles. The van der Waals surface area contributed by atoms with Crippen molar-refractivity contribution in [1.82, 2.24) is 49.1 Å². The normalized spacial score (nSPS) is 22.7. The van der Waals surface area contributed by atoms with Crippen molar-refractivity contribution in [2.24, 2.45) is 23.7 Å². The average molecular weight is 1170 g/mol. The third-order valence-electron chi connectivity index (χ3n) is 15.1. The number of carbonyl (C=O) groups is 8. The molecule has 5 rings (SSSR count). The minimum Gasteiger partial charge on any atom is -0.451 e. The van der Waals surface area contributed by atoms with E-state index in [1.54, 1.807) is 33.6 Å². The molecule has 1 aliphatic heterocycles. The van der Waals surface area contributed by atoms with Crippen molar-refractivity contribution in [3.63, 3.8) is 0 Å². The molecule has 4 aromatic rings. The van der Waals surface area contributed by atoms with Crippen molar-refractivity contribution in [3.05, 3.63) is 95.1 Å². The van der Waals surface area contributed by atoms with Gasteiger partial charge in [0.05, 0.1) is 13.1 Å². The Bertz CT molecular complexity index is 2660. The number of cyclic esters (lactones) is 4. The van der Waals surface area contributed by atoms with E-state index in [4.69, 9.17) is 18.9 Å². The number of hydrogen-bond donors (Lipinski definition) is 0. The molecule has 1 saturated heterocycles. The van der Waals surface area contributed by atoms with Crippen LogP contribution in [0, 0.1) is 23.7 Å². The highest BCUT2D eigenvalue weighted by Gasteiger charge is 2.43. The van der Waals surface area contributed by atoms with Crippen LogP contribution in [0.4, 0.5) is 0 Å². The van der Waals surface area contributed by atoms with Crippen molar-refractivity contribution in [2.45, 2.75) is 196 Å². The van der Waals surface area contributed by atoms with E-state index in [1.807, 2.05) is 93.5 Å². The Morgan fingerprint density at radius 1 is 0.405 bits per heavy atom. The third kappa shape index (κ3) is 18.2. The first-order valence-corrected chi connectivity index (χ1v) is 29.4. The first-order valence-electron chi connectivity index (χ1n) is 29.4. The maximum Gasteiger partial charge on any atom is 0.329 e. The largest absolute Gasteiger partial charge is 0.451 e. The summed E-state index contributed by atoms with van der Waals surface area (Å²) in [5, 5.41) is 8.68. The second kappa shape index (κ2) is 30.9. The zero-order chi connectivity index (χ0) is 62.3. The first-order chi connectivity index (χ1) is 39.6. The topological polar surface area (TPSA) is 248 Å².